The van der Waals surface area contributed by atoms with Crippen LogP contribution in [0.2, 0.25) is 0 Å². The highest BCUT2D eigenvalue weighted by atomic mass is 32.2. The second kappa shape index (κ2) is 10.8. The quantitative estimate of drug-likeness (QED) is 0.269. The standard InChI is InChI=1S/C31H30N4O3S/c1-21-12-18-27(19-13-21)39(37,38)34-28(36)11-7-8-24-14-16-26(17-15-24)30-29(25-9-5-4-6-10-25)33-31-23(3)32-22(2)20-35(30)31/h4-6,9-10,12-20H,7-8,11H2,1-3H3,(H,34,36). The van der Waals surface area contributed by atoms with Gasteiger partial charge in [-0.3, -0.25) is 14.2 Å². The molecule has 3 aromatic carbocycles. The van der Waals surface area contributed by atoms with Crippen LogP contribution in [0.15, 0.2) is 90.0 Å². The Balaban J connectivity index is 1.31. The van der Waals surface area contributed by atoms with Crippen molar-refractivity contribution in [1.29, 1.82) is 0 Å². The van der Waals surface area contributed by atoms with Gasteiger partial charge in [-0.25, -0.2) is 18.1 Å². The summed E-state index contributed by atoms with van der Waals surface area (Å²) >= 11 is 0. The number of sulfonamides is 1. The van der Waals surface area contributed by atoms with Crippen molar-refractivity contribution >= 4 is 21.6 Å². The Morgan fingerprint density at radius 2 is 1.54 bits per heavy atom. The van der Waals surface area contributed by atoms with Crippen LogP contribution in [-0.4, -0.2) is 28.7 Å². The van der Waals surface area contributed by atoms with E-state index >= 15 is 0 Å². The number of aryl methyl sites for hydroxylation is 4. The molecular weight excluding hydrogens is 508 g/mol. The van der Waals surface area contributed by atoms with Gasteiger partial charge >= 0.3 is 0 Å². The molecule has 0 saturated heterocycles. The van der Waals surface area contributed by atoms with E-state index in [1.807, 2.05) is 57.3 Å². The third-order valence-corrected chi connectivity index (χ3v) is 8.01. The SMILES string of the molecule is Cc1ccc(S(=O)(=O)NC(=O)CCCc2ccc(-c3c(-c4ccccc4)nc4c(C)nc(C)cn34)cc2)cc1. The lowest BCUT2D eigenvalue weighted by atomic mass is 10.0. The van der Waals surface area contributed by atoms with Gasteiger partial charge in [-0.15, -0.1) is 0 Å². The molecule has 7 nitrogen and oxygen atoms in total. The molecule has 0 saturated carbocycles. The Labute approximate surface area is 228 Å². The molecule has 0 radical (unpaired) electrons. The Morgan fingerprint density at radius 3 is 2.23 bits per heavy atom. The molecule has 0 fully saturated rings. The van der Waals surface area contributed by atoms with Gasteiger partial charge in [0.1, 0.15) is 0 Å². The Hall–Kier alpha value is -4.30. The minimum atomic E-state index is -3.87. The first kappa shape index (κ1) is 26.3. The van der Waals surface area contributed by atoms with E-state index < -0.39 is 15.9 Å². The van der Waals surface area contributed by atoms with Crippen LogP contribution in [0.1, 0.15) is 35.4 Å². The Bertz CT molecular complexity index is 1740. The fourth-order valence-electron chi connectivity index (χ4n) is 4.68. The molecule has 0 aliphatic heterocycles. The number of hydrogen-bond donors (Lipinski definition) is 1. The number of hydrogen-bond acceptors (Lipinski definition) is 5. The average molecular weight is 539 g/mol. The van der Waals surface area contributed by atoms with Gasteiger partial charge in [-0.05, 0) is 51.3 Å². The van der Waals surface area contributed by atoms with Gasteiger partial charge in [0.05, 0.1) is 27.7 Å². The van der Waals surface area contributed by atoms with Crippen LogP contribution in [0.5, 0.6) is 0 Å². The number of imidazole rings is 1. The first-order valence-corrected chi connectivity index (χ1v) is 14.3. The first-order valence-electron chi connectivity index (χ1n) is 12.8. The number of benzene rings is 3. The second-order valence-electron chi connectivity index (χ2n) is 9.73. The number of amides is 1. The maximum atomic E-state index is 12.5. The summed E-state index contributed by atoms with van der Waals surface area (Å²) in [5, 5.41) is 0. The fraction of sp³-hybridized carbons (Fsp3) is 0.194. The van der Waals surface area contributed by atoms with Crippen molar-refractivity contribution in [1.82, 2.24) is 19.1 Å². The molecule has 198 valence electrons. The third-order valence-electron chi connectivity index (χ3n) is 6.62. The predicted octanol–water partition coefficient (Wildman–Crippen LogP) is 5.82. The van der Waals surface area contributed by atoms with Crippen molar-refractivity contribution in [2.75, 3.05) is 0 Å². The summed E-state index contributed by atoms with van der Waals surface area (Å²) in [5.41, 5.74) is 8.58. The van der Waals surface area contributed by atoms with Gasteiger partial charge in [-0.2, -0.15) is 0 Å². The summed E-state index contributed by atoms with van der Waals surface area (Å²) in [6, 6.07) is 24.7. The number of carbonyl (C=O) groups excluding carboxylic acids is 1. The highest BCUT2D eigenvalue weighted by Crippen LogP contribution is 2.33. The molecule has 1 amide bonds. The number of nitrogens with zero attached hydrogens (tertiary/aromatic N) is 3. The zero-order valence-corrected chi connectivity index (χ0v) is 23.0. The molecule has 0 aliphatic carbocycles. The summed E-state index contributed by atoms with van der Waals surface area (Å²) in [6.07, 6.45) is 3.31. The van der Waals surface area contributed by atoms with E-state index in [1.54, 1.807) is 12.1 Å². The molecule has 8 heteroatoms. The molecule has 2 heterocycles. The Kier molecular flexibility index (Phi) is 7.30. The summed E-state index contributed by atoms with van der Waals surface area (Å²) in [5.74, 6) is -0.509. The number of fused-ring (bicyclic) bond motifs is 1. The molecule has 0 atom stereocenters. The predicted molar refractivity (Wildman–Crippen MR) is 153 cm³/mol. The first-order chi connectivity index (χ1) is 18.7. The minimum absolute atomic E-state index is 0.0838. The van der Waals surface area contributed by atoms with Gasteiger partial charge in [0.2, 0.25) is 5.91 Å². The molecule has 1 N–H and O–H groups in total. The van der Waals surface area contributed by atoms with Crippen molar-refractivity contribution in [2.45, 2.75) is 44.9 Å². The zero-order chi connectivity index (χ0) is 27.6. The minimum Gasteiger partial charge on any atom is -0.296 e. The monoisotopic (exact) mass is 538 g/mol. The van der Waals surface area contributed by atoms with Crippen LogP contribution < -0.4 is 4.72 Å². The maximum absolute atomic E-state index is 12.5. The highest BCUT2D eigenvalue weighted by molar-refractivity contribution is 7.90. The summed E-state index contributed by atoms with van der Waals surface area (Å²) in [7, 11) is -3.87. The topological polar surface area (TPSA) is 93.4 Å². The van der Waals surface area contributed by atoms with Crippen molar-refractivity contribution in [3.8, 4) is 22.5 Å². The van der Waals surface area contributed by atoms with Crippen LogP contribution in [0.3, 0.4) is 0 Å². The van der Waals surface area contributed by atoms with E-state index in [9.17, 15) is 13.2 Å². The Morgan fingerprint density at radius 1 is 0.846 bits per heavy atom. The zero-order valence-electron chi connectivity index (χ0n) is 22.2. The van der Waals surface area contributed by atoms with Crippen molar-refractivity contribution in [3.63, 3.8) is 0 Å². The van der Waals surface area contributed by atoms with Gasteiger partial charge in [0.15, 0.2) is 5.65 Å². The summed E-state index contributed by atoms with van der Waals surface area (Å²) in [4.78, 5) is 22.0. The molecule has 5 aromatic rings. The smallest absolute Gasteiger partial charge is 0.264 e. The largest absolute Gasteiger partial charge is 0.296 e. The van der Waals surface area contributed by atoms with Gasteiger partial charge in [0, 0.05) is 23.7 Å². The van der Waals surface area contributed by atoms with Gasteiger partial charge in [-0.1, -0.05) is 72.3 Å². The van der Waals surface area contributed by atoms with E-state index in [1.165, 1.54) is 12.1 Å². The average Bonchev–Trinajstić information content (AvgIpc) is 3.29. The molecular formula is C31H30N4O3S. The van der Waals surface area contributed by atoms with Crippen LogP contribution in [0.4, 0.5) is 0 Å². The van der Waals surface area contributed by atoms with Crippen LogP contribution >= 0.6 is 0 Å². The molecule has 0 unspecified atom stereocenters. The molecule has 39 heavy (non-hydrogen) atoms. The number of nitrogens with one attached hydrogen (secondary N) is 1. The lowest BCUT2D eigenvalue weighted by molar-refractivity contribution is -0.119. The normalized spacial score (nSPS) is 11.6. The van der Waals surface area contributed by atoms with Crippen molar-refractivity contribution in [3.05, 3.63) is 108 Å². The van der Waals surface area contributed by atoms with Crippen molar-refractivity contribution < 1.29 is 13.2 Å². The molecule has 2 aromatic heterocycles. The van der Waals surface area contributed by atoms with Crippen LogP contribution in [0, 0.1) is 20.8 Å². The lowest BCUT2D eigenvalue weighted by Crippen LogP contribution is -2.30. The third kappa shape index (κ3) is 5.76. The maximum Gasteiger partial charge on any atom is 0.264 e. The van der Waals surface area contributed by atoms with E-state index in [2.05, 4.69) is 38.4 Å². The van der Waals surface area contributed by atoms with E-state index in [4.69, 9.17) is 4.98 Å². The lowest BCUT2D eigenvalue weighted by Gasteiger charge is -2.09. The molecule has 0 aliphatic rings. The van der Waals surface area contributed by atoms with Gasteiger partial charge in [0.25, 0.3) is 10.0 Å². The van der Waals surface area contributed by atoms with E-state index in [-0.39, 0.29) is 11.3 Å². The number of aromatic nitrogens is 3. The van der Waals surface area contributed by atoms with Gasteiger partial charge < -0.3 is 0 Å². The number of carbonyl (C=O) groups is 1. The molecule has 5 rings (SSSR count). The van der Waals surface area contributed by atoms with E-state index in [0.29, 0.717) is 12.8 Å². The molecule has 0 bridgehead atoms. The van der Waals surface area contributed by atoms with Crippen LogP contribution in [0.25, 0.3) is 28.2 Å². The molecule has 0 spiro atoms. The highest BCUT2D eigenvalue weighted by Gasteiger charge is 2.19. The van der Waals surface area contributed by atoms with Crippen molar-refractivity contribution in [2.24, 2.45) is 0 Å². The summed E-state index contributed by atoms with van der Waals surface area (Å²) < 4.78 is 29.2. The summed E-state index contributed by atoms with van der Waals surface area (Å²) in [6.45, 7) is 5.82. The van der Waals surface area contributed by atoms with Crippen LogP contribution in [-0.2, 0) is 21.2 Å². The second-order valence-corrected chi connectivity index (χ2v) is 11.4. The number of rotatable bonds is 8. The fourth-order valence-corrected chi connectivity index (χ4v) is 5.69. The van der Waals surface area contributed by atoms with E-state index in [0.717, 1.165) is 50.7 Å².